The monoisotopic (exact) mass is 584 g/mol. The van der Waals surface area contributed by atoms with Crippen molar-refractivity contribution in [3.63, 3.8) is 0 Å². The maximum atomic E-state index is 12.2. The van der Waals surface area contributed by atoms with Crippen molar-refractivity contribution in [2.24, 2.45) is 0 Å². The lowest BCUT2D eigenvalue weighted by molar-refractivity contribution is -0.0121. The van der Waals surface area contributed by atoms with Gasteiger partial charge in [0.25, 0.3) is 0 Å². The minimum absolute atomic E-state index is 0.00331. The highest BCUT2D eigenvalue weighted by molar-refractivity contribution is 5.90. The Morgan fingerprint density at radius 3 is 1.31 bits per heavy atom. The molecule has 3 aromatic carbocycles. The number of ether oxygens (including phenoxy) is 8. The summed E-state index contributed by atoms with van der Waals surface area (Å²) in [5.74, 6) is 0.536. The van der Waals surface area contributed by atoms with Gasteiger partial charge in [-0.1, -0.05) is 0 Å². The summed E-state index contributed by atoms with van der Waals surface area (Å²) in [5, 5.41) is 8.65. The molecule has 12 heteroatoms. The van der Waals surface area contributed by atoms with E-state index in [1.54, 1.807) is 72.8 Å². The van der Waals surface area contributed by atoms with E-state index in [4.69, 9.17) is 43.0 Å². The van der Waals surface area contributed by atoms with Crippen LogP contribution in [0.3, 0.4) is 0 Å². The van der Waals surface area contributed by atoms with Crippen LogP contribution >= 0.6 is 0 Å². The molecule has 0 unspecified atom stereocenters. The van der Waals surface area contributed by atoms with Crippen molar-refractivity contribution in [3.05, 3.63) is 89.5 Å². The average Bonchev–Trinajstić information content (AvgIpc) is 3.03. The standard InChI is InChI=1S/C30H32O12/c31-13-14-35-20-40-27-9-3-24(4-10-27)29(33)39-18-16-37-22-42-28-11-5-25(6-12-28)30(34)38-17-15-36-21-41-26-7-1-23(19-32)2-8-26/h1-12,19,31H,13-18,20-22H2. The van der Waals surface area contributed by atoms with Crippen LogP contribution in [0.4, 0.5) is 0 Å². The van der Waals surface area contributed by atoms with E-state index in [9.17, 15) is 14.4 Å². The minimum atomic E-state index is -0.511. The average molecular weight is 585 g/mol. The van der Waals surface area contributed by atoms with Crippen LogP contribution < -0.4 is 14.2 Å². The van der Waals surface area contributed by atoms with Crippen LogP contribution in [0.25, 0.3) is 0 Å². The Balaban J connectivity index is 1.21. The molecule has 0 saturated carbocycles. The molecule has 0 aliphatic heterocycles. The number of aldehydes is 1. The smallest absolute Gasteiger partial charge is 0.338 e. The van der Waals surface area contributed by atoms with E-state index >= 15 is 0 Å². The first-order chi connectivity index (χ1) is 20.6. The van der Waals surface area contributed by atoms with Crippen LogP contribution in [0.1, 0.15) is 31.1 Å². The first-order valence-corrected chi connectivity index (χ1v) is 12.9. The fourth-order valence-corrected chi connectivity index (χ4v) is 3.14. The van der Waals surface area contributed by atoms with Crippen molar-refractivity contribution in [2.75, 3.05) is 60.0 Å². The summed E-state index contributed by atoms with van der Waals surface area (Å²) in [6.45, 7) is 0.336. The van der Waals surface area contributed by atoms with Crippen LogP contribution in [0.2, 0.25) is 0 Å². The third kappa shape index (κ3) is 11.9. The van der Waals surface area contributed by atoms with Crippen LogP contribution in [-0.2, 0) is 23.7 Å². The Morgan fingerprint density at radius 1 is 0.548 bits per heavy atom. The van der Waals surface area contributed by atoms with Crippen LogP contribution in [-0.4, -0.2) is 83.4 Å². The largest absolute Gasteiger partial charge is 0.468 e. The molecule has 0 spiro atoms. The van der Waals surface area contributed by atoms with Gasteiger partial charge in [-0.05, 0) is 72.8 Å². The van der Waals surface area contributed by atoms with Gasteiger partial charge in [-0.15, -0.1) is 0 Å². The lowest BCUT2D eigenvalue weighted by Crippen LogP contribution is -2.13. The van der Waals surface area contributed by atoms with Gasteiger partial charge >= 0.3 is 11.9 Å². The van der Waals surface area contributed by atoms with Crippen molar-refractivity contribution >= 4 is 18.2 Å². The highest BCUT2D eigenvalue weighted by atomic mass is 16.7. The number of aliphatic hydroxyl groups is 1. The Hall–Kier alpha value is -4.49. The van der Waals surface area contributed by atoms with Gasteiger partial charge in [0.15, 0.2) is 20.4 Å². The quantitative estimate of drug-likeness (QED) is 0.0900. The van der Waals surface area contributed by atoms with Gasteiger partial charge in [0, 0.05) is 5.56 Å². The predicted octanol–water partition coefficient (Wildman–Crippen LogP) is 3.26. The van der Waals surface area contributed by atoms with Crippen molar-refractivity contribution in [1.29, 1.82) is 0 Å². The second kappa shape index (κ2) is 18.8. The van der Waals surface area contributed by atoms with E-state index in [0.29, 0.717) is 33.9 Å². The summed E-state index contributed by atoms with van der Waals surface area (Å²) in [6, 6.07) is 19.3. The Kier molecular flexibility index (Phi) is 14.3. The molecule has 42 heavy (non-hydrogen) atoms. The lowest BCUT2D eigenvalue weighted by atomic mass is 10.2. The Morgan fingerprint density at radius 2 is 0.929 bits per heavy atom. The van der Waals surface area contributed by atoms with Crippen molar-refractivity contribution in [1.82, 2.24) is 0 Å². The van der Waals surface area contributed by atoms with E-state index in [1.807, 2.05) is 0 Å². The molecule has 224 valence electrons. The summed E-state index contributed by atoms with van der Waals surface area (Å²) in [5.41, 5.74) is 1.25. The third-order valence-electron chi connectivity index (χ3n) is 5.28. The topological polar surface area (TPSA) is 145 Å². The third-order valence-corrected chi connectivity index (χ3v) is 5.28. The van der Waals surface area contributed by atoms with Crippen molar-refractivity contribution < 1.29 is 57.4 Å². The van der Waals surface area contributed by atoms with Gasteiger partial charge in [-0.25, -0.2) is 9.59 Å². The summed E-state index contributed by atoms with van der Waals surface area (Å²) in [7, 11) is 0. The zero-order valence-corrected chi connectivity index (χ0v) is 22.8. The van der Waals surface area contributed by atoms with Gasteiger partial charge in [0.1, 0.15) is 36.7 Å². The lowest BCUT2D eigenvalue weighted by Gasteiger charge is -2.10. The molecular weight excluding hydrogens is 552 g/mol. The molecule has 0 amide bonds. The number of carbonyl (C=O) groups is 3. The fraction of sp³-hybridized carbons (Fsp3) is 0.300. The SMILES string of the molecule is O=Cc1ccc(OCOCCOC(=O)c2ccc(OCOCCOC(=O)c3ccc(OCOCCO)cc3)cc2)cc1. The van der Waals surface area contributed by atoms with Gasteiger partial charge in [0.2, 0.25) is 0 Å². The fourth-order valence-electron chi connectivity index (χ4n) is 3.14. The summed E-state index contributed by atoms with van der Waals surface area (Å²) >= 11 is 0. The number of benzene rings is 3. The van der Waals surface area contributed by atoms with E-state index in [0.717, 1.165) is 6.29 Å². The zero-order chi connectivity index (χ0) is 29.8. The summed E-state index contributed by atoms with van der Waals surface area (Å²) in [4.78, 5) is 34.9. The summed E-state index contributed by atoms with van der Waals surface area (Å²) < 4.78 is 42.1. The zero-order valence-electron chi connectivity index (χ0n) is 22.8. The van der Waals surface area contributed by atoms with Crippen LogP contribution in [0.15, 0.2) is 72.8 Å². The number of rotatable bonds is 20. The van der Waals surface area contributed by atoms with Crippen molar-refractivity contribution in [3.8, 4) is 17.2 Å². The first-order valence-electron chi connectivity index (χ1n) is 12.9. The second-order valence-corrected chi connectivity index (χ2v) is 8.24. The minimum Gasteiger partial charge on any atom is -0.468 e. The molecule has 0 heterocycles. The molecule has 0 fully saturated rings. The molecule has 3 aromatic rings. The van der Waals surface area contributed by atoms with Gasteiger partial charge in [0.05, 0.1) is 37.6 Å². The molecular formula is C30H32O12. The molecule has 12 nitrogen and oxygen atoms in total. The molecule has 1 N–H and O–H groups in total. The summed E-state index contributed by atoms with van der Waals surface area (Å²) in [6.07, 6.45) is 0.745. The van der Waals surface area contributed by atoms with E-state index < -0.39 is 11.9 Å². The first kappa shape index (κ1) is 32.0. The molecule has 0 aromatic heterocycles. The molecule has 0 bridgehead atoms. The number of hydrogen-bond acceptors (Lipinski definition) is 12. The molecule has 0 aliphatic rings. The van der Waals surface area contributed by atoms with Gasteiger partial charge in [-0.2, -0.15) is 0 Å². The maximum absolute atomic E-state index is 12.2. The van der Waals surface area contributed by atoms with Gasteiger partial charge < -0.3 is 43.0 Å². The number of aliphatic hydroxyl groups excluding tert-OH is 1. The Labute approximate surface area is 242 Å². The molecule has 0 radical (unpaired) electrons. The number of carbonyl (C=O) groups excluding carboxylic acids is 3. The predicted molar refractivity (Wildman–Crippen MR) is 147 cm³/mol. The van der Waals surface area contributed by atoms with Crippen LogP contribution in [0.5, 0.6) is 17.2 Å². The van der Waals surface area contributed by atoms with E-state index in [2.05, 4.69) is 0 Å². The van der Waals surface area contributed by atoms with E-state index in [-0.39, 0.29) is 60.0 Å². The number of hydrogen-bond donors (Lipinski definition) is 1. The number of esters is 2. The maximum Gasteiger partial charge on any atom is 0.338 e. The molecule has 0 saturated heterocycles. The highest BCUT2D eigenvalue weighted by Gasteiger charge is 2.09. The Bertz CT molecular complexity index is 1210. The van der Waals surface area contributed by atoms with Crippen molar-refractivity contribution in [2.45, 2.75) is 0 Å². The molecule has 0 aliphatic carbocycles. The van der Waals surface area contributed by atoms with Crippen LogP contribution in [0, 0.1) is 0 Å². The van der Waals surface area contributed by atoms with Gasteiger partial charge in [-0.3, -0.25) is 4.79 Å². The normalized spacial score (nSPS) is 10.5. The highest BCUT2D eigenvalue weighted by Crippen LogP contribution is 2.15. The van der Waals surface area contributed by atoms with E-state index in [1.165, 1.54) is 0 Å². The molecule has 3 rings (SSSR count). The second-order valence-electron chi connectivity index (χ2n) is 8.24. The molecule has 0 atom stereocenters.